The number of aromatic amines is 1. The summed E-state index contributed by atoms with van der Waals surface area (Å²) in [4.78, 5) is 3.72. The smallest absolute Gasteiger partial charge is 0.0503 e. The molecule has 0 aliphatic rings. The average Bonchev–Trinajstić information content (AvgIpc) is 3.05. The number of hydrogen-bond donors (Lipinski definition) is 2. The Labute approximate surface area is 155 Å². The summed E-state index contributed by atoms with van der Waals surface area (Å²) in [5.74, 6) is 0. The van der Waals surface area contributed by atoms with Crippen molar-refractivity contribution < 1.29 is 0 Å². The number of hydrogen-bond acceptors (Lipinski definition) is 1. The quantitative estimate of drug-likeness (QED) is 0.425. The predicted octanol–water partition coefficient (Wildman–Crippen LogP) is 5.83. The van der Waals surface area contributed by atoms with Crippen LogP contribution in [-0.4, -0.2) is 11.5 Å². The van der Waals surface area contributed by atoms with Crippen LogP contribution in [-0.2, 0) is 12.8 Å². The summed E-state index contributed by atoms with van der Waals surface area (Å²) in [5.41, 5.74) is 12.3. The van der Waals surface area contributed by atoms with E-state index in [9.17, 15) is 0 Å². The van der Waals surface area contributed by atoms with Gasteiger partial charge in [0.2, 0.25) is 0 Å². The molecule has 0 unspecified atom stereocenters. The number of H-pyrrole nitrogens is 1. The van der Waals surface area contributed by atoms with Crippen LogP contribution in [0.25, 0.3) is 32.9 Å². The number of benzene rings is 3. The van der Waals surface area contributed by atoms with E-state index in [2.05, 4.69) is 72.6 Å². The van der Waals surface area contributed by atoms with Gasteiger partial charge in [0.25, 0.3) is 0 Å². The molecule has 0 aliphatic heterocycles. The Bertz CT molecular complexity index is 1040. The second kappa shape index (κ2) is 7.35. The van der Waals surface area contributed by atoms with Crippen LogP contribution in [0.4, 0.5) is 0 Å². The van der Waals surface area contributed by atoms with E-state index in [-0.39, 0.29) is 0 Å². The van der Waals surface area contributed by atoms with Crippen molar-refractivity contribution in [1.82, 2.24) is 4.98 Å². The van der Waals surface area contributed by atoms with Crippen molar-refractivity contribution in [3.05, 3.63) is 71.8 Å². The van der Waals surface area contributed by atoms with E-state index in [4.69, 9.17) is 5.73 Å². The van der Waals surface area contributed by atoms with Crippen LogP contribution >= 0.6 is 0 Å². The van der Waals surface area contributed by atoms with Gasteiger partial charge in [-0.2, -0.15) is 0 Å². The fourth-order valence-electron chi connectivity index (χ4n) is 3.89. The van der Waals surface area contributed by atoms with Crippen molar-refractivity contribution in [3.63, 3.8) is 0 Å². The zero-order chi connectivity index (χ0) is 17.9. The maximum atomic E-state index is 5.74. The molecule has 0 bridgehead atoms. The van der Waals surface area contributed by atoms with Crippen molar-refractivity contribution >= 4 is 21.7 Å². The first-order valence-corrected chi connectivity index (χ1v) is 9.63. The van der Waals surface area contributed by atoms with Gasteiger partial charge in [-0.3, -0.25) is 0 Å². The third-order valence-corrected chi connectivity index (χ3v) is 5.32. The number of aryl methyl sites for hydroxylation is 2. The molecule has 1 heterocycles. The fourth-order valence-corrected chi connectivity index (χ4v) is 3.89. The van der Waals surface area contributed by atoms with Gasteiger partial charge in [0.15, 0.2) is 0 Å². The van der Waals surface area contributed by atoms with Gasteiger partial charge in [0, 0.05) is 16.5 Å². The van der Waals surface area contributed by atoms with Gasteiger partial charge < -0.3 is 10.7 Å². The minimum absolute atomic E-state index is 0.756. The molecule has 0 fully saturated rings. The molecule has 0 aliphatic carbocycles. The van der Waals surface area contributed by atoms with E-state index in [0.29, 0.717) is 0 Å². The van der Waals surface area contributed by atoms with Gasteiger partial charge in [-0.15, -0.1) is 0 Å². The third-order valence-electron chi connectivity index (χ3n) is 5.32. The lowest BCUT2D eigenvalue weighted by molar-refractivity contribution is 0.748. The highest BCUT2D eigenvalue weighted by atomic mass is 14.7. The van der Waals surface area contributed by atoms with Gasteiger partial charge in [0.05, 0.1) is 5.69 Å². The van der Waals surface area contributed by atoms with Gasteiger partial charge in [0.1, 0.15) is 0 Å². The monoisotopic (exact) mass is 342 g/mol. The number of unbranched alkanes of at least 4 members (excludes halogenated alkanes) is 1. The number of nitrogens with two attached hydrogens (primary N) is 1. The Morgan fingerprint density at radius 2 is 1.73 bits per heavy atom. The van der Waals surface area contributed by atoms with Crippen molar-refractivity contribution in [3.8, 4) is 11.3 Å². The lowest BCUT2D eigenvalue weighted by atomic mass is 9.96. The van der Waals surface area contributed by atoms with Crippen LogP contribution in [0.2, 0.25) is 0 Å². The molecule has 4 rings (SSSR count). The van der Waals surface area contributed by atoms with E-state index < -0.39 is 0 Å². The zero-order valence-electron chi connectivity index (χ0n) is 15.4. The van der Waals surface area contributed by atoms with Crippen LogP contribution in [0, 0.1) is 0 Å². The van der Waals surface area contributed by atoms with E-state index in [1.807, 2.05) is 0 Å². The van der Waals surface area contributed by atoms with Gasteiger partial charge in [-0.25, -0.2) is 0 Å². The summed E-state index contributed by atoms with van der Waals surface area (Å²) in [6.45, 7) is 2.97. The molecule has 0 amide bonds. The fraction of sp³-hybridized carbons (Fsp3) is 0.250. The molecule has 26 heavy (non-hydrogen) atoms. The molecule has 4 aromatic rings. The van der Waals surface area contributed by atoms with Crippen LogP contribution in [0.3, 0.4) is 0 Å². The lowest BCUT2D eigenvalue weighted by Crippen LogP contribution is -1.99. The average molecular weight is 342 g/mol. The van der Waals surface area contributed by atoms with Crippen molar-refractivity contribution in [2.45, 2.75) is 32.6 Å². The largest absolute Gasteiger partial charge is 0.354 e. The molecular weight excluding hydrogens is 316 g/mol. The van der Waals surface area contributed by atoms with Crippen molar-refractivity contribution in [2.75, 3.05) is 6.54 Å². The van der Waals surface area contributed by atoms with Crippen molar-refractivity contribution in [1.29, 1.82) is 0 Å². The zero-order valence-corrected chi connectivity index (χ0v) is 15.4. The molecule has 0 saturated heterocycles. The topological polar surface area (TPSA) is 41.8 Å². The van der Waals surface area contributed by atoms with Gasteiger partial charge >= 0.3 is 0 Å². The molecule has 2 nitrogen and oxygen atoms in total. The molecule has 0 radical (unpaired) electrons. The molecular formula is C24H26N2. The molecule has 2 heteroatoms. The van der Waals surface area contributed by atoms with Crippen LogP contribution in [0.15, 0.2) is 60.7 Å². The number of nitrogens with one attached hydrogen (secondary N) is 1. The summed E-state index contributed by atoms with van der Waals surface area (Å²) >= 11 is 0. The summed E-state index contributed by atoms with van der Waals surface area (Å²) < 4.78 is 0. The second-order valence-electron chi connectivity index (χ2n) is 6.98. The van der Waals surface area contributed by atoms with Crippen LogP contribution in [0.1, 0.15) is 30.9 Å². The summed E-state index contributed by atoms with van der Waals surface area (Å²) in [6.07, 6.45) is 4.31. The van der Waals surface area contributed by atoms with E-state index in [0.717, 1.165) is 32.2 Å². The van der Waals surface area contributed by atoms with E-state index in [1.54, 1.807) is 0 Å². The Morgan fingerprint density at radius 3 is 2.58 bits per heavy atom. The standard InChI is InChI=1S/C24H26N2/c1-2-17-13-14-23-22(16-17)21(11-5-6-15-25)24(26-23)20-12-7-9-18-8-3-4-10-19(18)20/h3-4,7-10,12-14,16,26H,2,5-6,11,15,25H2,1H3. The highest BCUT2D eigenvalue weighted by Crippen LogP contribution is 2.36. The first kappa shape index (κ1) is 16.9. The Morgan fingerprint density at radius 1 is 0.885 bits per heavy atom. The highest BCUT2D eigenvalue weighted by molar-refractivity contribution is 6.00. The summed E-state index contributed by atoms with van der Waals surface area (Å²) in [7, 11) is 0. The Kier molecular flexibility index (Phi) is 4.77. The first-order valence-electron chi connectivity index (χ1n) is 9.63. The Hall–Kier alpha value is -2.58. The molecule has 0 spiro atoms. The maximum absolute atomic E-state index is 5.74. The number of rotatable bonds is 6. The van der Waals surface area contributed by atoms with Crippen LogP contribution < -0.4 is 5.73 Å². The van der Waals surface area contributed by atoms with E-state index in [1.165, 1.54) is 44.1 Å². The maximum Gasteiger partial charge on any atom is 0.0503 e. The molecule has 132 valence electrons. The molecule has 3 N–H and O–H groups in total. The van der Waals surface area contributed by atoms with Crippen molar-refractivity contribution in [2.24, 2.45) is 5.73 Å². The molecule has 1 aromatic heterocycles. The number of fused-ring (bicyclic) bond motifs is 2. The van der Waals surface area contributed by atoms with Gasteiger partial charge in [-0.05, 0) is 66.3 Å². The van der Waals surface area contributed by atoms with Gasteiger partial charge in [-0.1, -0.05) is 55.5 Å². The minimum Gasteiger partial charge on any atom is -0.354 e. The normalized spacial score (nSPS) is 11.5. The predicted molar refractivity (Wildman–Crippen MR) is 113 cm³/mol. The highest BCUT2D eigenvalue weighted by Gasteiger charge is 2.15. The van der Waals surface area contributed by atoms with E-state index >= 15 is 0 Å². The first-order chi connectivity index (χ1) is 12.8. The molecule has 3 aromatic carbocycles. The third kappa shape index (κ3) is 3.02. The van der Waals surface area contributed by atoms with Crippen LogP contribution in [0.5, 0.6) is 0 Å². The number of aromatic nitrogens is 1. The molecule has 0 atom stereocenters. The molecule has 0 saturated carbocycles. The summed E-state index contributed by atoms with van der Waals surface area (Å²) in [5, 5.41) is 3.95. The SMILES string of the molecule is CCc1ccc2[nH]c(-c3cccc4ccccc34)c(CCCCN)c2c1. The second-order valence-corrected chi connectivity index (χ2v) is 6.98. The lowest BCUT2D eigenvalue weighted by Gasteiger charge is -2.09. The minimum atomic E-state index is 0.756. The summed E-state index contributed by atoms with van der Waals surface area (Å²) in [6, 6.07) is 22.0. The Balaban J connectivity index is 1.94.